The van der Waals surface area contributed by atoms with Crippen LogP contribution in [-0.2, 0) is 6.18 Å². The number of H-pyrrole nitrogens is 1. The molecule has 0 aliphatic carbocycles. The van der Waals surface area contributed by atoms with Crippen LogP contribution in [0.15, 0.2) is 23.3 Å². The van der Waals surface area contributed by atoms with E-state index in [4.69, 9.17) is 0 Å². The number of aromatic nitrogens is 1. The zero-order valence-corrected chi connectivity index (χ0v) is 9.90. The molecule has 0 saturated heterocycles. The summed E-state index contributed by atoms with van der Waals surface area (Å²) in [6.07, 6.45) is -3.33. The van der Waals surface area contributed by atoms with E-state index in [1.807, 2.05) is 0 Å². The first-order valence-corrected chi connectivity index (χ1v) is 5.34. The van der Waals surface area contributed by atoms with E-state index in [9.17, 15) is 30.7 Å². The van der Waals surface area contributed by atoms with Crippen molar-refractivity contribution in [2.24, 2.45) is 4.99 Å². The zero-order valence-electron chi connectivity index (χ0n) is 9.90. The van der Waals surface area contributed by atoms with Gasteiger partial charge >= 0.3 is 6.18 Å². The Balaban J connectivity index is 2.59. The number of nitrogens with one attached hydrogen (secondary N) is 1. The van der Waals surface area contributed by atoms with Crippen molar-refractivity contribution in [3.05, 3.63) is 52.9 Å². The summed E-state index contributed by atoms with van der Waals surface area (Å²) in [5.41, 5.74) is -3.88. The van der Waals surface area contributed by atoms with Gasteiger partial charge in [-0.2, -0.15) is 13.2 Å². The van der Waals surface area contributed by atoms with Crippen LogP contribution in [0.25, 0.3) is 0 Å². The van der Waals surface area contributed by atoms with Crippen LogP contribution >= 0.6 is 0 Å². The standard InChI is InChI=1S/C12H5F7N2/c13-7-6(12(17,18)19)8(14)10(16)11(9(7)15)21-4-5-2-1-3-20-5/h1-4,20H. The number of halogens is 7. The molecule has 1 aromatic heterocycles. The smallest absolute Gasteiger partial charge is 0.360 e. The first-order valence-electron chi connectivity index (χ1n) is 5.34. The fourth-order valence-electron chi connectivity index (χ4n) is 1.54. The van der Waals surface area contributed by atoms with Crippen molar-refractivity contribution in [1.82, 2.24) is 4.98 Å². The molecule has 2 aromatic rings. The van der Waals surface area contributed by atoms with Crippen molar-refractivity contribution in [1.29, 1.82) is 0 Å². The Morgan fingerprint density at radius 3 is 1.95 bits per heavy atom. The number of aliphatic imine (C=N–C) groups is 1. The molecule has 21 heavy (non-hydrogen) atoms. The molecule has 0 atom stereocenters. The van der Waals surface area contributed by atoms with Crippen LogP contribution in [-0.4, -0.2) is 11.2 Å². The van der Waals surface area contributed by atoms with Crippen LogP contribution in [0.1, 0.15) is 11.3 Å². The lowest BCUT2D eigenvalue weighted by Crippen LogP contribution is -2.15. The second-order valence-corrected chi connectivity index (χ2v) is 3.86. The van der Waals surface area contributed by atoms with Gasteiger partial charge in [0.15, 0.2) is 23.3 Å². The maximum absolute atomic E-state index is 13.5. The normalized spacial score (nSPS) is 12.3. The van der Waals surface area contributed by atoms with Crippen molar-refractivity contribution in [3.8, 4) is 0 Å². The number of hydrogen-bond donors (Lipinski definition) is 1. The molecule has 9 heteroatoms. The molecular weight excluding hydrogens is 305 g/mol. The van der Waals surface area contributed by atoms with E-state index in [0.717, 1.165) is 6.21 Å². The molecule has 0 fully saturated rings. The van der Waals surface area contributed by atoms with Crippen LogP contribution in [0.4, 0.5) is 36.4 Å². The average Bonchev–Trinajstić information content (AvgIpc) is 2.88. The lowest BCUT2D eigenvalue weighted by atomic mass is 10.1. The molecule has 2 nitrogen and oxygen atoms in total. The Hall–Kier alpha value is -2.32. The van der Waals surface area contributed by atoms with Gasteiger partial charge in [-0.1, -0.05) is 0 Å². The summed E-state index contributed by atoms with van der Waals surface area (Å²) in [4.78, 5) is 5.69. The minimum absolute atomic E-state index is 0.231. The highest BCUT2D eigenvalue weighted by molar-refractivity contribution is 5.79. The number of rotatable bonds is 2. The number of aromatic amines is 1. The molecule has 1 N–H and O–H groups in total. The highest BCUT2D eigenvalue weighted by Gasteiger charge is 2.42. The average molecular weight is 310 g/mol. The first kappa shape index (κ1) is 15.1. The summed E-state index contributed by atoms with van der Waals surface area (Å²) in [6.45, 7) is 0. The Morgan fingerprint density at radius 1 is 0.952 bits per heavy atom. The van der Waals surface area contributed by atoms with Crippen LogP contribution in [0.3, 0.4) is 0 Å². The SMILES string of the molecule is Fc1c(F)c(C(F)(F)F)c(F)c(F)c1N=Cc1ccc[nH]1. The van der Waals surface area contributed by atoms with Gasteiger partial charge in [0.2, 0.25) is 0 Å². The van der Waals surface area contributed by atoms with E-state index in [1.54, 1.807) is 0 Å². The van der Waals surface area contributed by atoms with Gasteiger partial charge in [-0.3, -0.25) is 0 Å². The van der Waals surface area contributed by atoms with Crippen molar-refractivity contribution in [2.75, 3.05) is 0 Å². The minimum atomic E-state index is -5.57. The fourth-order valence-corrected chi connectivity index (χ4v) is 1.54. The molecule has 0 aliphatic heterocycles. The predicted molar refractivity (Wildman–Crippen MR) is 59.3 cm³/mol. The number of hydrogen-bond acceptors (Lipinski definition) is 1. The summed E-state index contributed by atoms with van der Waals surface area (Å²) < 4.78 is 90.5. The fraction of sp³-hybridized carbons (Fsp3) is 0.0833. The van der Waals surface area contributed by atoms with Gasteiger partial charge < -0.3 is 4.98 Å². The van der Waals surface area contributed by atoms with Gasteiger partial charge in [0.1, 0.15) is 11.3 Å². The lowest BCUT2D eigenvalue weighted by Gasteiger charge is -2.11. The van der Waals surface area contributed by atoms with E-state index in [1.165, 1.54) is 18.3 Å². The molecule has 1 aromatic carbocycles. The molecule has 0 unspecified atom stereocenters. The summed E-state index contributed by atoms with van der Waals surface area (Å²) in [5, 5.41) is 0. The topological polar surface area (TPSA) is 28.1 Å². The Morgan fingerprint density at radius 2 is 1.52 bits per heavy atom. The van der Waals surface area contributed by atoms with Crippen LogP contribution in [0, 0.1) is 23.3 Å². The molecule has 0 saturated carbocycles. The van der Waals surface area contributed by atoms with Crippen LogP contribution in [0.5, 0.6) is 0 Å². The first-order chi connectivity index (χ1) is 9.73. The van der Waals surface area contributed by atoms with Gasteiger partial charge in [0.05, 0.1) is 11.9 Å². The highest BCUT2D eigenvalue weighted by atomic mass is 19.4. The third kappa shape index (κ3) is 2.76. The second kappa shape index (κ2) is 5.23. The van der Waals surface area contributed by atoms with Crippen LogP contribution in [0.2, 0.25) is 0 Å². The second-order valence-electron chi connectivity index (χ2n) is 3.86. The number of alkyl halides is 3. The van der Waals surface area contributed by atoms with Crippen molar-refractivity contribution >= 4 is 11.9 Å². The number of nitrogens with zero attached hydrogens (tertiary/aromatic N) is 1. The molecule has 112 valence electrons. The zero-order chi connectivity index (χ0) is 15.8. The maximum Gasteiger partial charge on any atom is 0.422 e. The van der Waals surface area contributed by atoms with Crippen molar-refractivity contribution < 1.29 is 30.7 Å². The van der Waals surface area contributed by atoms with Gasteiger partial charge in [-0.15, -0.1) is 0 Å². The monoisotopic (exact) mass is 310 g/mol. The van der Waals surface area contributed by atoms with Crippen molar-refractivity contribution in [3.63, 3.8) is 0 Å². The molecular formula is C12H5F7N2. The van der Waals surface area contributed by atoms with Gasteiger partial charge in [0, 0.05) is 6.20 Å². The van der Waals surface area contributed by atoms with Gasteiger partial charge in [0.25, 0.3) is 0 Å². The van der Waals surface area contributed by atoms with Gasteiger partial charge in [-0.05, 0) is 12.1 Å². The largest absolute Gasteiger partial charge is 0.422 e. The third-order valence-corrected chi connectivity index (χ3v) is 2.48. The summed E-state index contributed by atoms with van der Waals surface area (Å²) >= 11 is 0. The Kier molecular flexibility index (Phi) is 3.75. The predicted octanol–water partition coefficient (Wildman–Crippen LogP) is 4.34. The van der Waals surface area contributed by atoms with Crippen molar-refractivity contribution in [2.45, 2.75) is 6.18 Å². The number of benzene rings is 1. The molecule has 0 radical (unpaired) electrons. The van der Waals surface area contributed by atoms with Crippen LogP contribution < -0.4 is 0 Å². The molecule has 0 amide bonds. The minimum Gasteiger partial charge on any atom is -0.360 e. The van der Waals surface area contributed by atoms with E-state index < -0.39 is 40.7 Å². The third-order valence-electron chi connectivity index (χ3n) is 2.48. The van der Waals surface area contributed by atoms with E-state index in [0.29, 0.717) is 0 Å². The Labute approximate surface area is 112 Å². The van der Waals surface area contributed by atoms with Gasteiger partial charge in [-0.25, -0.2) is 22.6 Å². The Bertz CT molecular complexity index is 658. The maximum atomic E-state index is 13.5. The molecule has 0 bridgehead atoms. The quantitative estimate of drug-likeness (QED) is 0.485. The lowest BCUT2D eigenvalue weighted by molar-refractivity contribution is -0.143. The molecule has 1 heterocycles. The summed E-state index contributed by atoms with van der Waals surface area (Å²) in [6, 6.07) is 2.91. The van der Waals surface area contributed by atoms with E-state index in [2.05, 4.69) is 9.98 Å². The molecule has 2 rings (SSSR count). The van der Waals surface area contributed by atoms with E-state index >= 15 is 0 Å². The summed E-state index contributed by atoms with van der Waals surface area (Å²) in [5.74, 6) is -9.52. The van der Waals surface area contributed by atoms with E-state index in [-0.39, 0.29) is 5.69 Å². The molecule has 0 aliphatic rings. The highest BCUT2D eigenvalue weighted by Crippen LogP contribution is 2.39. The molecule has 0 spiro atoms. The summed E-state index contributed by atoms with van der Waals surface area (Å²) in [7, 11) is 0.